The lowest BCUT2D eigenvalue weighted by Crippen LogP contribution is -2.32. The summed E-state index contributed by atoms with van der Waals surface area (Å²) in [6, 6.07) is 15.9. The van der Waals surface area contributed by atoms with E-state index in [9.17, 15) is 9.59 Å². The smallest absolute Gasteiger partial charge is 0.330 e. The van der Waals surface area contributed by atoms with Gasteiger partial charge >= 0.3 is 5.97 Å². The fraction of sp³-hybridized carbons (Fsp3) is 0.125. The molecular formula is C16H14ClNO3. The van der Waals surface area contributed by atoms with Crippen molar-refractivity contribution in [2.45, 2.75) is 6.42 Å². The number of halogens is 1. The van der Waals surface area contributed by atoms with Crippen LogP contribution in [0.15, 0.2) is 54.6 Å². The molecule has 0 spiro atoms. The summed E-state index contributed by atoms with van der Waals surface area (Å²) in [6.07, 6.45) is 0.222. The Hall–Kier alpha value is -2.33. The van der Waals surface area contributed by atoms with Gasteiger partial charge < -0.3 is 10.1 Å². The van der Waals surface area contributed by atoms with Crippen molar-refractivity contribution in [3.8, 4) is 5.75 Å². The summed E-state index contributed by atoms with van der Waals surface area (Å²) in [5.41, 5.74) is 0.884. The molecule has 4 nitrogen and oxygen atoms in total. The highest BCUT2D eigenvalue weighted by Gasteiger charge is 2.10. The quantitative estimate of drug-likeness (QED) is 0.682. The SMILES string of the molecule is O=C(Cc1ccccc1)NCC(=O)Oc1ccccc1Cl. The molecule has 0 saturated carbocycles. The number of amides is 1. The number of ether oxygens (including phenoxy) is 1. The summed E-state index contributed by atoms with van der Waals surface area (Å²) in [7, 11) is 0. The van der Waals surface area contributed by atoms with Gasteiger partial charge in [-0.2, -0.15) is 0 Å². The van der Waals surface area contributed by atoms with Crippen LogP contribution in [0.3, 0.4) is 0 Å². The summed E-state index contributed by atoms with van der Waals surface area (Å²) in [6.45, 7) is -0.198. The van der Waals surface area contributed by atoms with Gasteiger partial charge in [0.1, 0.15) is 12.3 Å². The van der Waals surface area contributed by atoms with E-state index in [-0.39, 0.29) is 24.6 Å². The van der Waals surface area contributed by atoms with Crippen molar-refractivity contribution in [3.05, 3.63) is 65.2 Å². The zero-order chi connectivity index (χ0) is 15.1. The molecule has 0 unspecified atom stereocenters. The van der Waals surface area contributed by atoms with E-state index >= 15 is 0 Å². The Balaban J connectivity index is 1.79. The van der Waals surface area contributed by atoms with E-state index in [0.717, 1.165) is 5.56 Å². The number of benzene rings is 2. The van der Waals surface area contributed by atoms with Crippen molar-refractivity contribution in [1.82, 2.24) is 5.32 Å². The molecule has 0 fully saturated rings. The maximum atomic E-state index is 11.7. The van der Waals surface area contributed by atoms with Crippen molar-refractivity contribution in [2.24, 2.45) is 0 Å². The van der Waals surface area contributed by atoms with Crippen LogP contribution in [0.5, 0.6) is 5.75 Å². The van der Waals surface area contributed by atoms with E-state index in [1.54, 1.807) is 24.3 Å². The minimum atomic E-state index is -0.565. The third-order valence-electron chi connectivity index (χ3n) is 2.70. The molecule has 0 bridgehead atoms. The summed E-state index contributed by atoms with van der Waals surface area (Å²) >= 11 is 5.87. The number of carbonyl (C=O) groups is 2. The Morgan fingerprint density at radius 1 is 1.00 bits per heavy atom. The van der Waals surface area contributed by atoms with Gasteiger partial charge in [0.05, 0.1) is 11.4 Å². The number of para-hydroxylation sites is 1. The van der Waals surface area contributed by atoms with Crippen molar-refractivity contribution in [2.75, 3.05) is 6.54 Å². The van der Waals surface area contributed by atoms with Crippen LogP contribution in [0.1, 0.15) is 5.56 Å². The molecule has 5 heteroatoms. The highest BCUT2D eigenvalue weighted by atomic mass is 35.5. The zero-order valence-corrected chi connectivity index (χ0v) is 12.0. The molecule has 0 radical (unpaired) electrons. The van der Waals surface area contributed by atoms with Crippen LogP contribution in [0, 0.1) is 0 Å². The fourth-order valence-corrected chi connectivity index (χ4v) is 1.88. The molecule has 0 heterocycles. The topological polar surface area (TPSA) is 55.4 Å². The summed E-state index contributed by atoms with van der Waals surface area (Å²) < 4.78 is 5.06. The average Bonchev–Trinajstić information content (AvgIpc) is 2.49. The normalized spacial score (nSPS) is 9.95. The maximum absolute atomic E-state index is 11.7. The van der Waals surface area contributed by atoms with Gasteiger partial charge in [-0.1, -0.05) is 54.1 Å². The van der Waals surface area contributed by atoms with Crippen LogP contribution in [-0.4, -0.2) is 18.4 Å². The maximum Gasteiger partial charge on any atom is 0.330 e. The number of hydrogen-bond acceptors (Lipinski definition) is 3. The van der Waals surface area contributed by atoms with Crippen LogP contribution in [0.2, 0.25) is 5.02 Å². The van der Waals surface area contributed by atoms with E-state index in [1.165, 1.54) is 0 Å². The van der Waals surface area contributed by atoms with Gasteiger partial charge in [0.2, 0.25) is 5.91 Å². The monoisotopic (exact) mass is 303 g/mol. The molecule has 1 amide bonds. The van der Waals surface area contributed by atoms with Crippen molar-refractivity contribution < 1.29 is 14.3 Å². The first-order chi connectivity index (χ1) is 10.1. The lowest BCUT2D eigenvalue weighted by molar-refractivity contribution is -0.135. The number of rotatable bonds is 5. The Morgan fingerprint density at radius 3 is 2.38 bits per heavy atom. The van der Waals surface area contributed by atoms with Crippen LogP contribution in [-0.2, 0) is 16.0 Å². The Morgan fingerprint density at radius 2 is 1.67 bits per heavy atom. The summed E-state index contributed by atoms with van der Waals surface area (Å²) in [5.74, 6) is -0.525. The predicted octanol–water partition coefficient (Wildman–Crippen LogP) is 2.60. The molecule has 0 aliphatic heterocycles. The largest absolute Gasteiger partial charge is 0.424 e. The molecule has 0 aliphatic carbocycles. The predicted molar refractivity (Wildman–Crippen MR) is 80.2 cm³/mol. The fourth-order valence-electron chi connectivity index (χ4n) is 1.70. The second kappa shape index (κ2) is 7.45. The van der Waals surface area contributed by atoms with Crippen molar-refractivity contribution >= 4 is 23.5 Å². The Kier molecular flexibility index (Phi) is 5.35. The van der Waals surface area contributed by atoms with Gasteiger partial charge in [0.15, 0.2) is 0 Å². The molecule has 2 aromatic carbocycles. The standard InChI is InChI=1S/C16H14ClNO3/c17-13-8-4-5-9-14(13)21-16(20)11-18-15(19)10-12-6-2-1-3-7-12/h1-9H,10-11H2,(H,18,19). The number of esters is 1. The van der Waals surface area contributed by atoms with Gasteiger partial charge in [0, 0.05) is 0 Å². The van der Waals surface area contributed by atoms with Crippen molar-refractivity contribution in [1.29, 1.82) is 0 Å². The van der Waals surface area contributed by atoms with Crippen LogP contribution in [0.4, 0.5) is 0 Å². The lowest BCUT2D eigenvalue weighted by Gasteiger charge is -2.07. The van der Waals surface area contributed by atoms with Crippen molar-refractivity contribution in [3.63, 3.8) is 0 Å². The highest BCUT2D eigenvalue weighted by Crippen LogP contribution is 2.22. The zero-order valence-electron chi connectivity index (χ0n) is 11.2. The van der Waals surface area contributed by atoms with Crippen LogP contribution >= 0.6 is 11.6 Å². The first kappa shape index (κ1) is 15.1. The third kappa shape index (κ3) is 4.93. The van der Waals surface area contributed by atoms with Gasteiger partial charge in [-0.3, -0.25) is 4.79 Å². The highest BCUT2D eigenvalue weighted by molar-refractivity contribution is 6.32. The van der Waals surface area contributed by atoms with E-state index in [2.05, 4.69) is 5.32 Å². The van der Waals surface area contributed by atoms with Gasteiger partial charge in [-0.25, -0.2) is 4.79 Å². The minimum Gasteiger partial charge on any atom is -0.424 e. The van der Waals surface area contributed by atoms with E-state index in [4.69, 9.17) is 16.3 Å². The first-order valence-electron chi connectivity index (χ1n) is 6.41. The molecule has 2 rings (SSSR count). The summed E-state index contributed by atoms with van der Waals surface area (Å²) in [4.78, 5) is 23.3. The van der Waals surface area contributed by atoms with Gasteiger partial charge in [-0.05, 0) is 17.7 Å². The molecule has 108 valence electrons. The Labute approximate surface area is 127 Å². The second-order valence-corrected chi connectivity index (χ2v) is 4.75. The molecule has 21 heavy (non-hydrogen) atoms. The Bertz CT molecular complexity index is 628. The lowest BCUT2D eigenvalue weighted by atomic mass is 10.1. The van der Waals surface area contributed by atoms with Crippen LogP contribution < -0.4 is 10.1 Å². The van der Waals surface area contributed by atoms with Gasteiger partial charge in [0.25, 0.3) is 0 Å². The molecule has 0 aromatic heterocycles. The number of hydrogen-bond donors (Lipinski definition) is 1. The number of nitrogens with one attached hydrogen (secondary N) is 1. The minimum absolute atomic E-state index is 0.198. The summed E-state index contributed by atoms with van der Waals surface area (Å²) in [5, 5.41) is 2.86. The molecular weight excluding hydrogens is 290 g/mol. The molecule has 2 aromatic rings. The van der Waals surface area contributed by atoms with Gasteiger partial charge in [-0.15, -0.1) is 0 Å². The molecule has 0 atom stereocenters. The third-order valence-corrected chi connectivity index (χ3v) is 3.01. The second-order valence-electron chi connectivity index (χ2n) is 4.34. The average molecular weight is 304 g/mol. The van der Waals surface area contributed by atoms with E-state index < -0.39 is 5.97 Å². The molecule has 1 N–H and O–H groups in total. The van der Waals surface area contributed by atoms with E-state index in [0.29, 0.717) is 5.02 Å². The molecule has 0 aliphatic rings. The van der Waals surface area contributed by atoms with E-state index in [1.807, 2.05) is 30.3 Å². The first-order valence-corrected chi connectivity index (χ1v) is 6.79. The molecule has 0 saturated heterocycles. The van der Waals surface area contributed by atoms with Crippen LogP contribution in [0.25, 0.3) is 0 Å². The number of carbonyl (C=O) groups excluding carboxylic acids is 2.